The van der Waals surface area contributed by atoms with Gasteiger partial charge in [-0.1, -0.05) is 18.2 Å². The molecule has 3 aromatic rings. The summed E-state index contributed by atoms with van der Waals surface area (Å²) in [4.78, 5) is 20.6. The standard InChI is InChI=1S/C18H21N5O2/c1-13-18(23-10-9-19-12-16(23)22-13)20-8-7-17(24)21-11-14-5-3-4-6-15(14)25-2/h3-6,9-10,12,20H,7-8,11H2,1-2H3,(H,21,24). The van der Waals surface area contributed by atoms with Crippen LogP contribution in [0.1, 0.15) is 17.7 Å². The summed E-state index contributed by atoms with van der Waals surface area (Å²) in [7, 11) is 1.62. The number of para-hydroxylation sites is 1. The maximum atomic E-state index is 12.1. The van der Waals surface area contributed by atoms with Crippen molar-refractivity contribution in [2.45, 2.75) is 19.9 Å². The first kappa shape index (κ1) is 16.8. The Labute approximate surface area is 146 Å². The monoisotopic (exact) mass is 339 g/mol. The van der Waals surface area contributed by atoms with Gasteiger partial charge in [-0.3, -0.25) is 14.2 Å². The highest BCUT2D eigenvalue weighted by atomic mass is 16.5. The molecule has 2 N–H and O–H groups in total. The minimum Gasteiger partial charge on any atom is -0.496 e. The largest absolute Gasteiger partial charge is 0.496 e. The quantitative estimate of drug-likeness (QED) is 0.689. The number of aryl methyl sites for hydroxylation is 1. The molecule has 130 valence electrons. The fourth-order valence-corrected chi connectivity index (χ4v) is 2.66. The summed E-state index contributed by atoms with van der Waals surface area (Å²) in [6.07, 6.45) is 5.63. The number of fused-ring (bicyclic) bond motifs is 1. The summed E-state index contributed by atoms with van der Waals surface area (Å²) in [5.41, 5.74) is 2.61. The summed E-state index contributed by atoms with van der Waals surface area (Å²) in [5.74, 6) is 1.64. The van der Waals surface area contributed by atoms with E-state index in [4.69, 9.17) is 4.74 Å². The van der Waals surface area contributed by atoms with Crippen LogP contribution in [0.4, 0.5) is 5.82 Å². The van der Waals surface area contributed by atoms with E-state index in [9.17, 15) is 4.79 Å². The molecular weight excluding hydrogens is 318 g/mol. The normalized spacial score (nSPS) is 10.6. The smallest absolute Gasteiger partial charge is 0.222 e. The number of benzene rings is 1. The Morgan fingerprint density at radius 2 is 2.16 bits per heavy atom. The molecule has 2 aromatic heterocycles. The molecule has 0 spiro atoms. The van der Waals surface area contributed by atoms with Crippen molar-refractivity contribution in [2.75, 3.05) is 19.0 Å². The van der Waals surface area contributed by atoms with E-state index in [0.29, 0.717) is 19.5 Å². The zero-order valence-corrected chi connectivity index (χ0v) is 14.3. The van der Waals surface area contributed by atoms with Gasteiger partial charge in [-0.15, -0.1) is 0 Å². The van der Waals surface area contributed by atoms with Crippen LogP contribution in [0.5, 0.6) is 5.75 Å². The lowest BCUT2D eigenvalue weighted by Gasteiger charge is -2.10. The number of methoxy groups -OCH3 is 1. The second-order valence-corrected chi connectivity index (χ2v) is 5.62. The van der Waals surface area contributed by atoms with Gasteiger partial charge in [-0.2, -0.15) is 0 Å². The molecule has 2 heterocycles. The molecule has 7 heteroatoms. The predicted octanol–water partition coefficient (Wildman–Crippen LogP) is 2.16. The van der Waals surface area contributed by atoms with Gasteiger partial charge in [0, 0.05) is 37.5 Å². The molecule has 0 unspecified atom stereocenters. The van der Waals surface area contributed by atoms with Gasteiger partial charge in [0.2, 0.25) is 5.91 Å². The molecule has 3 rings (SSSR count). The highest BCUT2D eigenvalue weighted by Crippen LogP contribution is 2.17. The van der Waals surface area contributed by atoms with Gasteiger partial charge in [0.05, 0.1) is 19.0 Å². The molecule has 0 fully saturated rings. The lowest BCUT2D eigenvalue weighted by atomic mass is 10.2. The molecule has 0 saturated carbocycles. The number of nitrogens with zero attached hydrogens (tertiary/aromatic N) is 3. The minimum atomic E-state index is -0.0217. The van der Waals surface area contributed by atoms with Crippen LogP contribution in [0.25, 0.3) is 5.65 Å². The van der Waals surface area contributed by atoms with Gasteiger partial charge >= 0.3 is 0 Å². The lowest BCUT2D eigenvalue weighted by molar-refractivity contribution is -0.121. The highest BCUT2D eigenvalue weighted by molar-refractivity contribution is 5.76. The second kappa shape index (κ2) is 7.65. The van der Waals surface area contributed by atoms with E-state index in [1.54, 1.807) is 19.5 Å². The zero-order chi connectivity index (χ0) is 17.6. The third-order valence-electron chi connectivity index (χ3n) is 3.92. The van der Waals surface area contributed by atoms with E-state index in [0.717, 1.165) is 28.5 Å². The molecule has 1 aromatic carbocycles. The van der Waals surface area contributed by atoms with Crippen molar-refractivity contribution in [1.29, 1.82) is 0 Å². The SMILES string of the molecule is COc1ccccc1CNC(=O)CCNc1c(C)nc2cnccn12. The maximum Gasteiger partial charge on any atom is 0.222 e. The van der Waals surface area contributed by atoms with Crippen molar-refractivity contribution in [3.63, 3.8) is 0 Å². The second-order valence-electron chi connectivity index (χ2n) is 5.62. The number of aromatic nitrogens is 3. The molecule has 0 aliphatic heterocycles. The molecule has 0 aliphatic carbocycles. The van der Waals surface area contributed by atoms with E-state index in [2.05, 4.69) is 20.6 Å². The fourth-order valence-electron chi connectivity index (χ4n) is 2.66. The van der Waals surface area contributed by atoms with Gasteiger partial charge in [-0.25, -0.2) is 4.98 Å². The van der Waals surface area contributed by atoms with E-state index >= 15 is 0 Å². The van der Waals surface area contributed by atoms with Crippen LogP contribution in [-0.4, -0.2) is 33.9 Å². The summed E-state index contributed by atoms with van der Waals surface area (Å²) in [6, 6.07) is 7.65. The summed E-state index contributed by atoms with van der Waals surface area (Å²) < 4.78 is 7.21. The fraction of sp³-hybridized carbons (Fsp3) is 0.278. The summed E-state index contributed by atoms with van der Waals surface area (Å²) in [5, 5.41) is 6.19. The first-order valence-electron chi connectivity index (χ1n) is 8.10. The number of hydrogen-bond donors (Lipinski definition) is 2. The number of imidazole rings is 1. The molecule has 1 amide bonds. The van der Waals surface area contributed by atoms with Crippen LogP contribution in [-0.2, 0) is 11.3 Å². The first-order valence-corrected chi connectivity index (χ1v) is 8.10. The number of carbonyl (C=O) groups is 1. The van der Waals surface area contributed by atoms with Crippen molar-refractivity contribution in [3.05, 3.63) is 54.1 Å². The van der Waals surface area contributed by atoms with Gasteiger partial charge in [0.15, 0.2) is 5.65 Å². The average molecular weight is 339 g/mol. The van der Waals surface area contributed by atoms with E-state index in [1.165, 1.54) is 0 Å². The van der Waals surface area contributed by atoms with Crippen LogP contribution in [0, 0.1) is 6.92 Å². The number of amides is 1. The van der Waals surface area contributed by atoms with Crippen LogP contribution in [0.15, 0.2) is 42.9 Å². The molecule has 0 atom stereocenters. The number of carbonyl (C=O) groups excluding carboxylic acids is 1. The molecular formula is C18H21N5O2. The average Bonchev–Trinajstić information content (AvgIpc) is 2.96. The zero-order valence-electron chi connectivity index (χ0n) is 14.3. The van der Waals surface area contributed by atoms with Crippen molar-refractivity contribution in [3.8, 4) is 5.75 Å². The Morgan fingerprint density at radius 3 is 3.00 bits per heavy atom. The number of anilines is 1. The van der Waals surface area contributed by atoms with Crippen LogP contribution in [0.3, 0.4) is 0 Å². The van der Waals surface area contributed by atoms with Crippen molar-refractivity contribution in [1.82, 2.24) is 19.7 Å². The number of rotatable bonds is 7. The van der Waals surface area contributed by atoms with Crippen molar-refractivity contribution < 1.29 is 9.53 Å². The van der Waals surface area contributed by atoms with Gasteiger partial charge in [0.1, 0.15) is 11.6 Å². The van der Waals surface area contributed by atoms with Crippen LogP contribution in [0.2, 0.25) is 0 Å². The summed E-state index contributed by atoms with van der Waals surface area (Å²) in [6.45, 7) is 2.90. The van der Waals surface area contributed by atoms with Crippen LogP contribution >= 0.6 is 0 Å². The molecule has 0 bridgehead atoms. The van der Waals surface area contributed by atoms with E-state index < -0.39 is 0 Å². The highest BCUT2D eigenvalue weighted by Gasteiger charge is 2.09. The topological polar surface area (TPSA) is 80.5 Å². The Bertz CT molecular complexity index is 875. The van der Waals surface area contributed by atoms with E-state index in [-0.39, 0.29) is 5.91 Å². The lowest BCUT2D eigenvalue weighted by Crippen LogP contribution is -2.25. The molecule has 7 nitrogen and oxygen atoms in total. The number of nitrogens with one attached hydrogen (secondary N) is 2. The third-order valence-corrected chi connectivity index (χ3v) is 3.92. The molecule has 25 heavy (non-hydrogen) atoms. The van der Waals surface area contributed by atoms with Gasteiger partial charge in [-0.05, 0) is 13.0 Å². The minimum absolute atomic E-state index is 0.0217. The van der Waals surface area contributed by atoms with Crippen molar-refractivity contribution >= 4 is 17.4 Å². The molecule has 0 aliphatic rings. The Morgan fingerprint density at radius 1 is 1.32 bits per heavy atom. The van der Waals surface area contributed by atoms with Crippen molar-refractivity contribution in [2.24, 2.45) is 0 Å². The van der Waals surface area contributed by atoms with Crippen LogP contribution < -0.4 is 15.4 Å². The molecule has 0 saturated heterocycles. The maximum absolute atomic E-state index is 12.1. The third kappa shape index (κ3) is 3.88. The Balaban J connectivity index is 1.52. The van der Waals surface area contributed by atoms with Gasteiger partial charge < -0.3 is 15.4 Å². The predicted molar refractivity (Wildman–Crippen MR) is 95.7 cm³/mol. The van der Waals surface area contributed by atoms with Gasteiger partial charge in [0.25, 0.3) is 0 Å². The van der Waals surface area contributed by atoms with E-state index in [1.807, 2.05) is 41.8 Å². The first-order chi connectivity index (χ1) is 12.2. The summed E-state index contributed by atoms with van der Waals surface area (Å²) >= 11 is 0. The Hall–Kier alpha value is -3.09. The number of ether oxygens (including phenoxy) is 1. The molecule has 0 radical (unpaired) electrons. The Kier molecular flexibility index (Phi) is 5.13. The number of hydrogen-bond acceptors (Lipinski definition) is 5.